The van der Waals surface area contributed by atoms with Crippen LogP contribution in [0, 0.1) is 0 Å². The van der Waals surface area contributed by atoms with Gasteiger partial charge in [0.05, 0.1) is 4.88 Å². The van der Waals surface area contributed by atoms with E-state index in [1.807, 2.05) is 0 Å². The van der Waals surface area contributed by atoms with Crippen LogP contribution in [0.15, 0.2) is 29.1 Å². The van der Waals surface area contributed by atoms with Crippen LogP contribution in [-0.4, -0.2) is 28.1 Å². The third kappa shape index (κ3) is 3.01. The molecule has 0 radical (unpaired) electrons. The van der Waals surface area contributed by atoms with Gasteiger partial charge in [0.25, 0.3) is 11.5 Å². The van der Waals surface area contributed by atoms with Gasteiger partial charge >= 0.3 is 0 Å². The number of hydrogen-bond acceptors (Lipinski definition) is 5. The Morgan fingerprint density at radius 1 is 1.20 bits per heavy atom. The van der Waals surface area contributed by atoms with E-state index in [1.54, 1.807) is 18.2 Å². The van der Waals surface area contributed by atoms with Gasteiger partial charge in [0, 0.05) is 28.4 Å². The standard InChI is InChI=1S/C18H19N3O3S/c19-9-1-3-10(4-2-9)20-17(23)15-8-13-12-7-11(22)5-6-14(12)21-18(24)16(13)25-15/h5-10,22H,1-4,19H2,(H,20,23)(H,21,24). The first-order valence-corrected chi connectivity index (χ1v) is 9.18. The van der Waals surface area contributed by atoms with E-state index in [0.717, 1.165) is 31.1 Å². The van der Waals surface area contributed by atoms with Gasteiger partial charge in [0.15, 0.2) is 0 Å². The predicted molar refractivity (Wildman–Crippen MR) is 99.3 cm³/mol. The molecule has 3 aromatic rings. The molecule has 0 saturated heterocycles. The van der Waals surface area contributed by atoms with Crippen LogP contribution in [-0.2, 0) is 0 Å². The number of phenolic OH excluding ortho intramolecular Hbond substituents is 1. The molecule has 5 N–H and O–H groups in total. The smallest absolute Gasteiger partial charge is 0.266 e. The molecule has 0 atom stereocenters. The van der Waals surface area contributed by atoms with E-state index < -0.39 is 0 Å². The first-order chi connectivity index (χ1) is 12.0. The van der Waals surface area contributed by atoms with Gasteiger partial charge in [0.1, 0.15) is 10.4 Å². The Balaban J connectivity index is 1.70. The number of benzene rings is 1. The number of phenols is 1. The molecule has 1 aromatic carbocycles. The van der Waals surface area contributed by atoms with E-state index in [2.05, 4.69) is 10.3 Å². The minimum Gasteiger partial charge on any atom is -0.508 e. The summed E-state index contributed by atoms with van der Waals surface area (Å²) in [4.78, 5) is 28.2. The van der Waals surface area contributed by atoms with Crippen molar-refractivity contribution in [2.24, 2.45) is 5.73 Å². The summed E-state index contributed by atoms with van der Waals surface area (Å²) >= 11 is 1.18. The number of thiophene rings is 1. The summed E-state index contributed by atoms with van der Waals surface area (Å²) in [5, 5.41) is 14.2. The molecule has 25 heavy (non-hydrogen) atoms. The summed E-state index contributed by atoms with van der Waals surface area (Å²) in [5.74, 6) is -0.0361. The Kier molecular flexibility index (Phi) is 3.97. The fourth-order valence-corrected chi connectivity index (χ4v) is 4.41. The topological polar surface area (TPSA) is 108 Å². The lowest BCUT2D eigenvalue weighted by Crippen LogP contribution is -2.40. The minimum absolute atomic E-state index is 0.122. The number of pyridine rings is 1. The van der Waals surface area contributed by atoms with Gasteiger partial charge in [-0.25, -0.2) is 0 Å². The molecule has 6 nitrogen and oxygen atoms in total. The van der Waals surface area contributed by atoms with Crippen molar-refractivity contribution in [3.63, 3.8) is 0 Å². The molecule has 0 unspecified atom stereocenters. The summed E-state index contributed by atoms with van der Waals surface area (Å²) in [7, 11) is 0. The molecule has 4 rings (SSSR count). The Hall–Kier alpha value is -2.38. The molecule has 130 valence electrons. The average Bonchev–Trinajstić information content (AvgIpc) is 3.04. The summed E-state index contributed by atoms with van der Waals surface area (Å²) in [5.41, 5.74) is 6.32. The van der Waals surface area contributed by atoms with Crippen molar-refractivity contribution in [1.29, 1.82) is 0 Å². The number of aromatic amines is 1. The van der Waals surface area contributed by atoms with Gasteiger partial charge in [-0.1, -0.05) is 0 Å². The highest BCUT2D eigenvalue weighted by atomic mass is 32.1. The Morgan fingerprint density at radius 2 is 1.96 bits per heavy atom. The predicted octanol–water partition coefficient (Wildman–Crippen LogP) is 2.45. The van der Waals surface area contributed by atoms with Crippen molar-refractivity contribution in [3.8, 4) is 5.75 Å². The molecule has 7 heteroatoms. The van der Waals surface area contributed by atoms with E-state index >= 15 is 0 Å². The van der Waals surface area contributed by atoms with E-state index in [1.165, 1.54) is 17.4 Å². The number of amides is 1. The summed E-state index contributed by atoms with van der Waals surface area (Å²) in [6.45, 7) is 0. The number of aromatic hydroxyl groups is 1. The highest BCUT2D eigenvalue weighted by molar-refractivity contribution is 7.20. The summed E-state index contributed by atoms with van der Waals surface area (Å²) < 4.78 is 0.494. The maximum atomic E-state index is 12.6. The monoisotopic (exact) mass is 357 g/mol. The number of nitrogens with two attached hydrogens (primary N) is 1. The van der Waals surface area contributed by atoms with E-state index in [-0.39, 0.29) is 29.3 Å². The fraction of sp³-hybridized carbons (Fsp3) is 0.333. The van der Waals surface area contributed by atoms with E-state index in [9.17, 15) is 14.7 Å². The van der Waals surface area contributed by atoms with Gasteiger partial charge in [0.2, 0.25) is 0 Å². The second-order valence-electron chi connectivity index (χ2n) is 6.62. The molecule has 1 aliphatic rings. The molecule has 0 spiro atoms. The molecule has 1 amide bonds. The lowest BCUT2D eigenvalue weighted by molar-refractivity contribution is 0.0930. The molecule has 2 heterocycles. The van der Waals surface area contributed by atoms with Crippen molar-refractivity contribution in [1.82, 2.24) is 10.3 Å². The summed E-state index contributed by atoms with van der Waals surface area (Å²) in [6, 6.07) is 6.89. The van der Waals surface area contributed by atoms with Crippen LogP contribution >= 0.6 is 11.3 Å². The summed E-state index contributed by atoms with van der Waals surface area (Å²) in [6.07, 6.45) is 3.60. The largest absolute Gasteiger partial charge is 0.508 e. The van der Waals surface area contributed by atoms with Crippen LogP contribution in [0.25, 0.3) is 21.0 Å². The molecule has 1 fully saturated rings. The Morgan fingerprint density at radius 3 is 2.72 bits per heavy atom. The fourth-order valence-electron chi connectivity index (χ4n) is 3.43. The van der Waals surface area contributed by atoms with Crippen molar-refractivity contribution in [2.75, 3.05) is 0 Å². The number of fused-ring (bicyclic) bond motifs is 3. The Labute approximate surface area is 147 Å². The number of carbonyl (C=O) groups is 1. The molecular weight excluding hydrogens is 338 g/mol. The molecule has 1 saturated carbocycles. The molecule has 0 aliphatic heterocycles. The average molecular weight is 357 g/mol. The molecule has 1 aliphatic carbocycles. The number of rotatable bonds is 2. The number of H-pyrrole nitrogens is 1. The zero-order valence-electron chi connectivity index (χ0n) is 13.5. The quantitative estimate of drug-likeness (QED) is 0.565. The first kappa shape index (κ1) is 16.1. The zero-order valence-corrected chi connectivity index (χ0v) is 14.4. The number of carbonyl (C=O) groups excluding carboxylic acids is 1. The van der Waals surface area contributed by atoms with E-state index in [0.29, 0.717) is 20.5 Å². The van der Waals surface area contributed by atoms with Crippen molar-refractivity contribution in [2.45, 2.75) is 37.8 Å². The first-order valence-electron chi connectivity index (χ1n) is 8.36. The second kappa shape index (κ2) is 6.16. The maximum absolute atomic E-state index is 12.6. The van der Waals surface area contributed by atoms with Crippen LogP contribution in [0.3, 0.4) is 0 Å². The number of hydrogen-bond donors (Lipinski definition) is 4. The number of aromatic nitrogens is 1. The minimum atomic E-state index is -0.221. The van der Waals surface area contributed by atoms with Crippen LogP contribution < -0.4 is 16.6 Å². The molecule has 2 aromatic heterocycles. The normalized spacial score (nSPS) is 20.8. The maximum Gasteiger partial charge on any atom is 0.266 e. The SMILES string of the molecule is NC1CCC(NC(=O)c2cc3c(s2)c(=O)[nH]c2ccc(O)cc23)CC1. The zero-order chi connectivity index (χ0) is 17.6. The molecular formula is C18H19N3O3S. The van der Waals surface area contributed by atoms with Gasteiger partial charge in [-0.15, -0.1) is 11.3 Å². The number of nitrogens with one attached hydrogen (secondary N) is 2. The lowest BCUT2D eigenvalue weighted by Gasteiger charge is -2.26. The van der Waals surface area contributed by atoms with Crippen LogP contribution in [0.5, 0.6) is 5.75 Å². The van der Waals surface area contributed by atoms with Gasteiger partial charge in [-0.2, -0.15) is 0 Å². The highest BCUT2D eigenvalue weighted by Gasteiger charge is 2.22. The van der Waals surface area contributed by atoms with Crippen LogP contribution in [0.4, 0.5) is 0 Å². The Bertz CT molecular complexity index is 1020. The van der Waals surface area contributed by atoms with Crippen LogP contribution in [0.1, 0.15) is 35.4 Å². The van der Waals surface area contributed by atoms with Crippen molar-refractivity contribution in [3.05, 3.63) is 39.5 Å². The highest BCUT2D eigenvalue weighted by Crippen LogP contribution is 2.30. The second-order valence-corrected chi connectivity index (χ2v) is 7.67. The lowest BCUT2D eigenvalue weighted by atomic mass is 9.92. The van der Waals surface area contributed by atoms with Gasteiger partial charge in [-0.05, 0) is 49.9 Å². The van der Waals surface area contributed by atoms with E-state index in [4.69, 9.17) is 5.73 Å². The van der Waals surface area contributed by atoms with Crippen LogP contribution in [0.2, 0.25) is 0 Å². The molecule has 0 bridgehead atoms. The third-order valence-corrected chi connectivity index (χ3v) is 5.94. The van der Waals surface area contributed by atoms with Crippen molar-refractivity contribution < 1.29 is 9.90 Å². The van der Waals surface area contributed by atoms with Crippen molar-refractivity contribution >= 4 is 38.2 Å². The third-order valence-electron chi connectivity index (χ3n) is 4.81. The van der Waals surface area contributed by atoms with Gasteiger partial charge in [-0.3, -0.25) is 9.59 Å². The van der Waals surface area contributed by atoms with Gasteiger partial charge < -0.3 is 21.1 Å².